The minimum Gasteiger partial charge on any atom is -0.348 e. The van der Waals surface area contributed by atoms with Gasteiger partial charge in [-0.1, -0.05) is 44.2 Å². The quantitative estimate of drug-likeness (QED) is 0.893. The SMILES string of the molecule is CC1(C)CCCNC1C(=O)NC(c1ccccc1)C1CC1. The number of carbonyl (C=O) groups is 1. The summed E-state index contributed by atoms with van der Waals surface area (Å²) in [7, 11) is 0. The first kappa shape index (κ1) is 14.6. The van der Waals surface area contributed by atoms with E-state index in [-0.39, 0.29) is 23.4 Å². The molecule has 21 heavy (non-hydrogen) atoms. The van der Waals surface area contributed by atoms with Crippen molar-refractivity contribution in [2.24, 2.45) is 11.3 Å². The van der Waals surface area contributed by atoms with Crippen LogP contribution in [0.15, 0.2) is 30.3 Å². The number of hydrogen-bond donors (Lipinski definition) is 2. The number of rotatable bonds is 4. The minimum absolute atomic E-state index is 0.0348. The predicted molar refractivity (Wildman–Crippen MR) is 84.9 cm³/mol. The Balaban J connectivity index is 1.72. The molecule has 1 saturated carbocycles. The molecule has 2 aliphatic rings. The van der Waals surface area contributed by atoms with Crippen molar-refractivity contribution in [2.75, 3.05) is 6.54 Å². The maximum Gasteiger partial charge on any atom is 0.238 e. The molecule has 3 heteroatoms. The summed E-state index contributed by atoms with van der Waals surface area (Å²) < 4.78 is 0. The van der Waals surface area contributed by atoms with Gasteiger partial charge in [-0.2, -0.15) is 0 Å². The average Bonchev–Trinajstić information content (AvgIpc) is 3.29. The third kappa shape index (κ3) is 3.29. The second-order valence-corrected chi connectivity index (χ2v) is 7.21. The zero-order valence-corrected chi connectivity index (χ0v) is 13.1. The standard InChI is InChI=1S/C18H26N2O/c1-18(2)11-6-12-19-16(18)17(21)20-15(14-9-10-14)13-7-4-3-5-8-13/h3-5,7-8,14-16,19H,6,9-12H2,1-2H3,(H,20,21). The highest BCUT2D eigenvalue weighted by Crippen LogP contribution is 2.41. The number of benzene rings is 1. The van der Waals surface area contributed by atoms with Gasteiger partial charge in [0.05, 0.1) is 12.1 Å². The number of amides is 1. The van der Waals surface area contributed by atoms with Gasteiger partial charge in [-0.15, -0.1) is 0 Å². The van der Waals surface area contributed by atoms with Gasteiger partial charge < -0.3 is 10.6 Å². The van der Waals surface area contributed by atoms with Crippen LogP contribution in [0.25, 0.3) is 0 Å². The summed E-state index contributed by atoms with van der Waals surface area (Å²) in [6.07, 6.45) is 4.71. The van der Waals surface area contributed by atoms with Crippen molar-refractivity contribution in [3.8, 4) is 0 Å². The Morgan fingerprint density at radius 3 is 2.62 bits per heavy atom. The highest BCUT2D eigenvalue weighted by atomic mass is 16.2. The van der Waals surface area contributed by atoms with Gasteiger partial charge in [0, 0.05) is 0 Å². The second-order valence-electron chi connectivity index (χ2n) is 7.21. The van der Waals surface area contributed by atoms with Crippen LogP contribution in [0.5, 0.6) is 0 Å². The van der Waals surface area contributed by atoms with Crippen LogP contribution in [0.1, 0.15) is 51.1 Å². The largest absolute Gasteiger partial charge is 0.348 e. The zero-order valence-electron chi connectivity index (χ0n) is 13.1. The zero-order chi connectivity index (χ0) is 14.9. The van der Waals surface area contributed by atoms with Crippen molar-refractivity contribution in [3.63, 3.8) is 0 Å². The van der Waals surface area contributed by atoms with E-state index < -0.39 is 0 Å². The molecule has 1 aliphatic carbocycles. The van der Waals surface area contributed by atoms with Gasteiger partial charge >= 0.3 is 0 Å². The van der Waals surface area contributed by atoms with Crippen molar-refractivity contribution in [1.82, 2.24) is 10.6 Å². The molecule has 2 atom stereocenters. The third-order valence-corrected chi connectivity index (χ3v) is 4.94. The maximum absolute atomic E-state index is 12.8. The maximum atomic E-state index is 12.8. The van der Waals surface area contributed by atoms with Gasteiger partial charge in [-0.25, -0.2) is 0 Å². The van der Waals surface area contributed by atoms with Crippen molar-refractivity contribution >= 4 is 5.91 Å². The molecule has 114 valence electrons. The summed E-state index contributed by atoms with van der Waals surface area (Å²) >= 11 is 0. The van der Waals surface area contributed by atoms with E-state index in [1.807, 2.05) is 6.07 Å². The van der Waals surface area contributed by atoms with E-state index in [4.69, 9.17) is 0 Å². The molecule has 0 spiro atoms. The molecule has 0 aromatic heterocycles. The Morgan fingerprint density at radius 2 is 2.00 bits per heavy atom. The minimum atomic E-state index is -0.0730. The van der Waals surface area contributed by atoms with Crippen LogP contribution in [-0.4, -0.2) is 18.5 Å². The van der Waals surface area contributed by atoms with Crippen LogP contribution in [0.4, 0.5) is 0 Å². The van der Waals surface area contributed by atoms with Crippen molar-refractivity contribution < 1.29 is 4.79 Å². The fraction of sp³-hybridized carbons (Fsp3) is 0.611. The Kier molecular flexibility index (Phi) is 4.03. The fourth-order valence-electron chi connectivity index (χ4n) is 3.46. The van der Waals surface area contributed by atoms with Gasteiger partial charge in [0.2, 0.25) is 5.91 Å². The lowest BCUT2D eigenvalue weighted by atomic mass is 9.77. The van der Waals surface area contributed by atoms with Gasteiger partial charge in [0.15, 0.2) is 0 Å². The normalized spacial score (nSPS) is 26.1. The van der Waals surface area contributed by atoms with Gasteiger partial charge in [0.25, 0.3) is 0 Å². The van der Waals surface area contributed by atoms with Crippen LogP contribution >= 0.6 is 0 Å². The van der Waals surface area contributed by atoms with E-state index in [0.29, 0.717) is 5.92 Å². The Bertz CT molecular complexity index is 493. The van der Waals surface area contributed by atoms with Crippen molar-refractivity contribution in [2.45, 2.75) is 51.6 Å². The molecule has 2 N–H and O–H groups in total. The summed E-state index contributed by atoms with van der Waals surface area (Å²) in [4.78, 5) is 12.8. The Labute approximate surface area is 127 Å². The van der Waals surface area contributed by atoms with Gasteiger partial charge in [-0.05, 0) is 49.1 Å². The average molecular weight is 286 g/mol. The summed E-state index contributed by atoms with van der Waals surface area (Å²) in [6, 6.07) is 10.5. The molecular formula is C18H26N2O. The molecule has 3 nitrogen and oxygen atoms in total. The van der Waals surface area contributed by atoms with E-state index in [1.165, 1.54) is 18.4 Å². The first-order valence-electron chi connectivity index (χ1n) is 8.17. The summed E-state index contributed by atoms with van der Waals surface area (Å²) in [5, 5.41) is 6.73. The molecule has 1 amide bonds. The van der Waals surface area contributed by atoms with Crippen LogP contribution < -0.4 is 10.6 Å². The highest BCUT2D eigenvalue weighted by molar-refractivity contribution is 5.83. The Morgan fingerprint density at radius 1 is 1.29 bits per heavy atom. The van der Waals surface area contributed by atoms with Crippen LogP contribution in [-0.2, 0) is 4.79 Å². The first-order chi connectivity index (χ1) is 10.1. The molecule has 2 unspecified atom stereocenters. The third-order valence-electron chi connectivity index (χ3n) is 4.94. The van der Waals surface area contributed by atoms with Crippen molar-refractivity contribution in [3.05, 3.63) is 35.9 Å². The number of piperidine rings is 1. The summed E-state index contributed by atoms with van der Waals surface area (Å²) in [5.74, 6) is 0.781. The smallest absolute Gasteiger partial charge is 0.238 e. The number of hydrogen-bond acceptors (Lipinski definition) is 2. The molecule has 1 aliphatic heterocycles. The molecule has 1 aromatic rings. The highest BCUT2D eigenvalue weighted by Gasteiger charge is 2.40. The molecule has 2 fully saturated rings. The predicted octanol–water partition coefficient (Wildman–Crippen LogP) is 3.03. The van der Waals surface area contributed by atoms with E-state index >= 15 is 0 Å². The van der Waals surface area contributed by atoms with Crippen LogP contribution in [0, 0.1) is 11.3 Å². The molecule has 1 saturated heterocycles. The monoisotopic (exact) mass is 286 g/mol. The molecule has 3 rings (SSSR count). The lowest BCUT2D eigenvalue weighted by Gasteiger charge is -2.39. The van der Waals surface area contributed by atoms with E-state index in [0.717, 1.165) is 19.4 Å². The second kappa shape index (κ2) is 5.80. The Hall–Kier alpha value is -1.35. The number of carbonyl (C=O) groups excluding carboxylic acids is 1. The molecule has 0 bridgehead atoms. The van der Waals surface area contributed by atoms with Crippen molar-refractivity contribution in [1.29, 1.82) is 0 Å². The summed E-state index contributed by atoms with van der Waals surface area (Å²) in [6.45, 7) is 5.33. The van der Waals surface area contributed by atoms with Gasteiger partial charge in [-0.3, -0.25) is 4.79 Å². The van der Waals surface area contributed by atoms with Gasteiger partial charge in [0.1, 0.15) is 0 Å². The summed E-state index contributed by atoms with van der Waals surface area (Å²) in [5.41, 5.74) is 1.27. The van der Waals surface area contributed by atoms with E-state index in [9.17, 15) is 4.79 Å². The first-order valence-corrected chi connectivity index (χ1v) is 8.17. The van der Waals surface area contributed by atoms with E-state index in [1.54, 1.807) is 0 Å². The number of nitrogens with one attached hydrogen (secondary N) is 2. The fourth-order valence-corrected chi connectivity index (χ4v) is 3.46. The molecule has 1 heterocycles. The van der Waals surface area contributed by atoms with E-state index in [2.05, 4.69) is 48.7 Å². The lowest BCUT2D eigenvalue weighted by molar-refractivity contribution is -0.127. The van der Waals surface area contributed by atoms with Crippen LogP contribution in [0.3, 0.4) is 0 Å². The molecule has 0 radical (unpaired) electrons. The lowest BCUT2D eigenvalue weighted by Crippen LogP contribution is -2.56. The van der Waals surface area contributed by atoms with Crippen LogP contribution in [0.2, 0.25) is 0 Å². The topological polar surface area (TPSA) is 41.1 Å². The molecular weight excluding hydrogens is 260 g/mol. The molecule has 1 aromatic carbocycles.